The van der Waals surface area contributed by atoms with Crippen LogP contribution in [0, 0.1) is 24.0 Å². The molecule has 0 aliphatic rings. The summed E-state index contributed by atoms with van der Waals surface area (Å²) >= 11 is 0. The summed E-state index contributed by atoms with van der Waals surface area (Å²) in [6, 6.07) is 9.36. The van der Waals surface area contributed by atoms with Crippen molar-refractivity contribution in [1.82, 2.24) is 0 Å². The average Bonchev–Trinajstić information content (AvgIpc) is 2.67. The number of rotatable bonds is 8. The number of non-ortho nitro benzene ring substituents is 1. The molecular weight excluding hydrogens is 380 g/mol. The number of benzene rings is 2. The minimum absolute atomic E-state index is 0.115. The summed E-state index contributed by atoms with van der Waals surface area (Å²) in [6.45, 7) is 4.79. The first-order valence-electron chi connectivity index (χ1n) is 8.74. The first kappa shape index (κ1) is 21.7. The molecule has 29 heavy (non-hydrogen) atoms. The molecule has 0 aliphatic heterocycles. The smallest absolute Gasteiger partial charge is 0.344 e. The van der Waals surface area contributed by atoms with E-state index in [1.54, 1.807) is 0 Å². The summed E-state index contributed by atoms with van der Waals surface area (Å²) in [5.41, 5.74) is 1.81. The van der Waals surface area contributed by atoms with Crippen LogP contribution in [0.3, 0.4) is 0 Å². The van der Waals surface area contributed by atoms with Gasteiger partial charge < -0.3 is 19.5 Å². The van der Waals surface area contributed by atoms with Crippen molar-refractivity contribution in [3.05, 3.63) is 57.6 Å². The molecule has 2 rings (SSSR count). The summed E-state index contributed by atoms with van der Waals surface area (Å²) in [7, 11) is 1.32. The molecule has 0 aromatic heterocycles. The highest BCUT2D eigenvalue weighted by Gasteiger charge is 2.21. The highest BCUT2D eigenvalue weighted by atomic mass is 16.6. The van der Waals surface area contributed by atoms with E-state index in [2.05, 4.69) is 5.32 Å². The molecule has 154 valence electrons. The van der Waals surface area contributed by atoms with Gasteiger partial charge in [0.1, 0.15) is 11.5 Å². The van der Waals surface area contributed by atoms with Crippen LogP contribution in [0.1, 0.15) is 18.1 Å². The molecule has 0 saturated carbocycles. The van der Waals surface area contributed by atoms with Gasteiger partial charge >= 0.3 is 5.97 Å². The normalized spacial score (nSPS) is 11.3. The third-order valence-electron chi connectivity index (χ3n) is 4.07. The van der Waals surface area contributed by atoms with E-state index in [4.69, 9.17) is 14.2 Å². The monoisotopic (exact) mass is 402 g/mol. The van der Waals surface area contributed by atoms with Crippen LogP contribution in [0.5, 0.6) is 11.5 Å². The number of nitro benzene ring substituents is 1. The third kappa shape index (κ3) is 5.68. The molecule has 1 amide bonds. The van der Waals surface area contributed by atoms with E-state index in [9.17, 15) is 19.7 Å². The predicted octanol–water partition coefficient (Wildman–Crippen LogP) is 3.17. The number of hydrogen-bond acceptors (Lipinski definition) is 7. The zero-order valence-corrected chi connectivity index (χ0v) is 16.6. The van der Waals surface area contributed by atoms with Gasteiger partial charge in [0, 0.05) is 6.07 Å². The Hall–Kier alpha value is -3.62. The van der Waals surface area contributed by atoms with Gasteiger partial charge in [-0.2, -0.15) is 0 Å². The first-order valence-corrected chi connectivity index (χ1v) is 8.74. The lowest BCUT2D eigenvalue weighted by Crippen LogP contribution is -2.31. The molecule has 0 bridgehead atoms. The Labute approximate surface area is 167 Å². The van der Waals surface area contributed by atoms with Crippen molar-refractivity contribution >= 4 is 23.3 Å². The molecule has 1 N–H and O–H groups in total. The number of methoxy groups -OCH3 is 1. The van der Waals surface area contributed by atoms with E-state index in [0.717, 1.165) is 11.1 Å². The van der Waals surface area contributed by atoms with Gasteiger partial charge in [0.15, 0.2) is 12.7 Å². The maximum Gasteiger partial charge on any atom is 0.344 e. The molecule has 9 nitrogen and oxygen atoms in total. The molecule has 0 spiro atoms. The van der Waals surface area contributed by atoms with Gasteiger partial charge in [-0.3, -0.25) is 14.9 Å². The van der Waals surface area contributed by atoms with Crippen LogP contribution in [0.2, 0.25) is 0 Å². The van der Waals surface area contributed by atoms with E-state index in [-0.39, 0.29) is 23.7 Å². The van der Waals surface area contributed by atoms with E-state index >= 15 is 0 Å². The number of aryl methyl sites for hydroxylation is 2. The minimum atomic E-state index is -1.11. The van der Waals surface area contributed by atoms with E-state index < -0.39 is 22.9 Å². The zero-order valence-electron chi connectivity index (χ0n) is 16.6. The van der Waals surface area contributed by atoms with Crippen LogP contribution in [-0.2, 0) is 14.3 Å². The fourth-order valence-electron chi connectivity index (χ4n) is 2.57. The van der Waals surface area contributed by atoms with E-state index in [0.29, 0.717) is 5.75 Å². The second-order valence-corrected chi connectivity index (χ2v) is 6.27. The number of nitro groups is 1. The quantitative estimate of drug-likeness (QED) is 0.409. The average molecular weight is 402 g/mol. The molecule has 0 saturated heterocycles. The van der Waals surface area contributed by atoms with Crippen LogP contribution < -0.4 is 14.8 Å². The Balaban J connectivity index is 1.95. The maximum atomic E-state index is 12.3. The largest absolute Gasteiger partial charge is 0.494 e. The standard InChI is InChI=1S/C20H22N2O7/c1-12-6-5-7-13(2)19(12)28-11-18(23)29-14(3)20(24)21-16-9-8-15(22(25)26)10-17(16)27-4/h5-10,14H,11H2,1-4H3,(H,21,24)/t14-/m1/s1. The van der Waals surface area contributed by atoms with Crippen molar-refractivity contribution in [3.63, 3.8) is 0 Å². The highest BCUT2D eigenvalue weighted by molar-refractivity contribution is 5.96. The second-order valence-electron chi connectivity index (χ2n) is 6.27. The molecule has 0 radical (unpaired) electrons. The van der Waals surface area contributed by atoms with Crippen LogP contribution in [-0.4, -0.2) is 36.6 Å². The van der Waals surface area contributed by atoms with Crippen molar-refractivity contribution in [2.45, 2.75) is 26.9 Å². The predicted molar refractivity (Wildman–Crippen MR) is 105 cm³/mol. The van der Waals surface area contributed by atoms with Gasteiger partial charge in [-0.15, -0.1) is 0 Å². The van der Waals surface area contributed by atoms with Gasteiger partial charge in [0.2, 0.25) is 0 Å². The summed E-state index contributed by atoms with van der Waals surface area (Å²) in [4.78, 5) is 34.6. The zero-order chi connectivity index (χ0) is 21.6. The molecule has 0 aliphatic carbocycles. The minimum Gasteiger partial charge on any atom is -0.494 e. The Morgan fingerprint density at radius 2 is 1.83 bits per heavy atom. The van der Waals surface area contributed by atoms with Crippen molar-refractivity contribution in [2.75, 3.05) is 19.0 Å². The summed E-state index contributed by atoms with van der Waals surface area (Å²) < 4.78 is 15.7. The van der Waals surface area contributed by atoms with Crippen LogP contribution in [0.4, 0.5) is 11.4 Å². The van der Waals surface area contributed by atoms with Crippen molar-refractivity contribution in [3.8, 4) is 11.5 Å². The number of hydrogen-bond donors (Lipinski definition) is 1. The number of esters is 1. The molecule has 0 unspecified atom stereocenters. The van der Waals surface area contributed by atoms with E-state index in [1.807, 2.05) is 32.0 Å². The van der Waals surface area contributed by atoms with Crippen molar-refractivity contribution in [1.29, 1.82) is 0 Å². The number of para-hydroxylation sites is 1. The molecule has 1 atom stereocenters. The number of nitrogens with one attached hydrogen (secondary N) is 1. The van der Waals surface area contributed by atoms with Crippen LogP contribution in [0.15, 0.2) is 36.4 Å². The lowest BCUT2D eigenvalue weighted by Gasteiger charge is -2.16. The van der Waals surface area contributed by atoms with Gasteiger partial charge in [-0.05, 0) is 38.0 Å². The molecule has 9 heteroatoms. The number of carbonyl (C=O) groups excluding carboxylic acids is 2. The Kier molecular flexibility index (Phi) is 7.13. The Bertz CT molecular complexity index is 907. The fourth-order valence-corrected chi connectivity index (χ4v) is 2.57. The molecule has 2 aromatic rings. The summed E-state index contributed by atoms with van der Waals surface area (Å²) in [5.74, 6) is -0.606. The lowest BCUT2D eigenvalue weighted by molar-refractivity contribution is -0.384. The van der Waals surface area contributed by atoms with Gasteiger partial charge in [-0.1, -0.05) is 18.2 Å². The molecule has 0 heterocycles. The summed E-state index contributed by atoms with van der Waals surface area (Å²) in [5, 5.41) is 13.4. The number of nitrogens with zero attached hydrogens (tertiary/aromatic N) is 1. The van der Waals surface area contributed by atoms with Crippen molar-refractivity contribution in [2.24, 2.45) is 0 Å². The van der Waals surface area contributed by atoms with Crippen molar-refractivity contribution < 1.29 is 28.7 Å². The fraction of sp³-hybridized carbons (Fsp3) is 0.300. The second kappa shape index (κ2) is 9.54. The maximum absolute atomic E-state index is 12.3. The van der Waals surface area contributed by atoms with Gasteiger partial charge in [0.25, 0.3) is 11.6 Å². The van der Waals surface area contributed by atoms with Gasteiger partial charge in [0.05, 0.1) is 23.8 Å². The number of amides is 1. The van der Waals surface area contributed by atoms with Gasteiger partial charge in [-0.25, -0.2) is 4.79 Å². The van der Waals surface area contributed by atoms with Crippen LogP contribution in [0.25, 0.3) is 0 Å². The third-order valence-corrected chi connectivity index (χ3v) is 4.07. The number of anilines is 1. The summed E-state index contributed by atoms with van der Waals surface area (Å²) in [6.07, 6.45) is -1.11. The highest BCUT2D eigenvalue weighted by Crippen LogP contribution is 2.29. The SMILES string of the molecule is COc1cc([N+](=O)[O-])ccc1NC(=O)[C@@H](C)OC(=O)COc1c(C)cccc1C. The Morgan fingerprint density at radius 1 is 1.17 bits per heavy atom. The topological polar surface area (TPSA) is 117 Å². The first-order chi connectivity index (χ1) is 13.7. The lowest BCUT2D eigenvalue weighted by atomic mass is 10.1. The Morgan fingerprint density at radius 3 is 2.41 bits per heavy atom. The molecular formula is C20H22N2O7. The van der Waals surface area contributed by atoms with Crippen LogP contribution >= 0.6 is 0 Å². The molecule has 2 aromatic carbocycles. The van der Waals surface area contributed by atoms with E-state index in [1.165, 1.54) is 32.2 Å². The molecule has 0 fully saturated rings. The number of ether oxygens (including phenoxy) is 3. The number of carbonyl (C=O) groups is 2.